The molecule has 3 aliphatic rings. The number of aromatic hydroxyl groups is 1. The summed E-state index contributed by atoms with van der Waals surface area (Å²) < 4.78 is 16.4. The van der Waals surface area contributed by atoms with Crippen LogP contribution < -0.4 is 4.74 Å². The molecule has 6 bridgehead atoms. The lowest BCUT2D eigenvalue weighted by Crippen LogP contribution is -2.56. The van der Waals surface area contributed by atoms with Crippen LogP contribution in [0.15, 0.2) is 24.0 Å². The number of phenols is 1. The number of hydrogen-bond donors (Lipinski definition) is 4. The summed E-state index contributed by atoms with van der Waals surface area (Å²) in [7, 11) is 1.96. The molecule has 1 aromatic carbocycles. The normalized spacial score (nSPS) is 25.3. The van der Waals surface area contributed by atoms with Gasteiger partial charge in [-0.15, -0.1) is 0 Å². The van der Waals surface area contributed by atoms with E-state index in [-0.39, 0.29) is 30.4 Å². The maximum Gasteiger partial charge on any atom is 0.345 e. The molecule has 1 aliphatic carbocycles. The quantitative estimate of drug-likeness (QED) is 0.351. The topological polar surface area (TPSA) is 180 Å². The van der Waals surface area contributed by atoms with E-state index in [1.54, 1.807) is 12.1 Å². The van der Waals surface area contributed by atoms with Crippen molar-refractivity contribution in [1.82, 2.24) is 4.90 Å². The number of carboxylic acid groups (broad SMARTS) is 2. The highest BCUT2D eigenvalue weighted by Crippen LogP contribution is 2.44. The second-order valence-corrected chi connectivity index (χ2v) is 9.97. The van der Waals surface area contributed by atoms with Crippen molar-refractivity contribution in [3.8, 4) is 11.5 Å². The van der Waals surface area contributed by atoms with E-state index < -0.39 is 60.9 Å². The first-order valence-electron chi connectivity index (χ1n) is 12.4. The lowest BCUT2D eigenvalue weighted by atomic mass is 9.77. The van der Waals surface area contributed by atoms with Gasteiger partial charge in [-0.1, -0.05) is 6.07 Å². The van der Waals surface area contributed by atoms with Gasteiger partial charge in [0.15, 0.2) is 17.6 Å². The third-order valence-corrected chi connectivity index (χ3v) is 7.29. The molecule has 0 amide bonds. The van der Waals surface area contributed by atoms with Crippen molar-refractivity contribution in [1.29, 1.82) is 0 Å². The van der Waals surface area contributed by atoms with Crippen LogP contribution in [0.25, 0.3) is 0 Å². The van der Waals surface area contributed by atoms with Crippen LogP contribution in [0, 0.1) is 0 Å². The minimum Gasteiger partial charge on any atom is -0.504 e. The highest BCUT2D eigenvalue weighted by Gasteiger charge is 2.47. The number of benzene rings is 1. The number of ether oxygens (including phenoxy) is 3. The van der Waals surface area contributed by atoms with Gasteiger partial charge in [0.1, 0.15) is 5.76 Å². The van der Waals surface area contributed by atoms with Crippen LogP contribution in [0.1, 0.15) is 49.7 Å². The van der Waals surface area contributed by atoms with E-state index in [0.29, 0.717) is 18.6 Å². The molecule has 1 aromatic rings. The number of phenolic OH excluding ortho intramolecular Hbond substituents is 1. The predicted octanol–water partition coefficient (Wildman–Crippen LogP) is 1.15. The number of esters is 2. The van der Waals surface area contributed by atoms with Gasteiger partial charge in [-0.2, -0.15) is 0 Å². The minimum absolute atomic E-state index is 0.0481. The van der Waals surface area contributed by atoms with Crippen LogP contribution in [0.5, 0.6) is 11.5 Å². The van der Waals surface area contributed by atoms with Gasteiger partial charge in [0.05, 0.1) is 24.9 Å². The number of nitrogens with zero attached hydrogens (tertiary/aromatic N) is 1. The fourth-order valence-electron chi connectivity index (χ4n) is 5.36. The molecule has 4 N–H and O–H groups in total. The number of fused-ring (bicyclic) bond motifs is 4. The average Bonchev–Trinajstić information content (AvgIpc) is 2.84. The molecule has 2 heterocycles. The number of aliphatic hydroxyl groups is 1. The Hall–Kier alpha value is -3.64. The Labute approximate surface area is 218 Å². The highest BCUT2D eigenvalue weighted by molar-refractivity contribution is 5.84. The van der Waals surface area contributed by atoms with Crippen molar-refractivity contribution in [3.05, 3.63) is 35.1 Å². The third-order valence-electron chi connectivity index (χ3n) is 7.29. The molecule has 2 aliphatic heterocycles. The van der Waals surface area contributed by atoms with Gasteiger partial charge in [-0.25, -0.2) is 4.79 Å². The zero-order chi connectivity index (χ0) is 27.6. The maximum absolute atomic E-state index is 12.6. The number of rotatable bonds is 8. The van der Waals surface area contributed by atoms with Crippen molar-refractivity contribution >= 4 is 23.9 Å². The van der Waals surface area contributed by atoms with Crippen molar-refractivity contribution in [2.75, 3.05) is 13.6 Å². The number of carbonyl (C=O) groups is 4. The van der Waals surface area contributed by atoms with Gasteiger partial charge in [-0.05, 0) is 57.0 Å². The van der Waals surface area contributed by atoms with E-state index in [2.05, 4.69) is 9.64 Å². The SMILES string of the molecule is CN1CCCc2c3ccc(O)c2O[C@@H]2C[C@@](O)(CC=C2OC(=O)CCC(=O)O[C@H](CC(=O)O)C(=O)O)[C@H]1C3. The van der Waals surface area contributed by atoms with Gasteiger partial charge in [0.25, 0.3) is 0 Å². The van der Waals surface area contributed by atoms with Gasteiger partial charge in [0.2, 0.25) is 6.10 Å². The molecule has 4 rings (SSSR count). The van der Waals surface area contributed by atoms with E-state index in [4.69, 9.17) is 19.7 Å². The van der Waals surface area contributed by atoms with Crippen LogP contribution in [-0.2, 0) is 41.5 Å². The minimum atomic E-state index is -1.87. The number of likely N-dealkylation sites (N-methyl/N-ethyl adjacent to an activating group) is 1. The summed E-state index contributed by atoms with van der Waals surface area (Å²) in [6.45, 7) is 0.753. The van der Waals surface area contributed by atoms with Crippen molar-refractivity contribution in [2.24, 2.45) is 0 Å². The van der Waals surface area contributed by atoms with E-state index in [1.165, 1.54) is 0 Å². The zero-order valence-electron chi connectivity index (χ0n) is 20.9. The first-order valence-corrected chi connectivity index (χ1v) is 12.4. The van der Waals surface area contributed by atoms with Crippen LogP contribution in [0.2, 0.25) is 0 Å². The molecule has 12 nitrogen and oxygen atoms in total. The first-order chi connectivity index (χ1) is 18.0. The molecule has 12 heteroatoms. The highest BCUT2D eigenvalue weighted by atomic mass is 16.6. The van der Waals surface area contributed by atoms with E-state index >= 15 is 0 Å². The first kappa shape index (κ1) is 27.4. The summed E-state index contributed by atoms with van der Waals surface area (Å²) in [6, 6.07) is 3.17. The second-order valence-electron chi connectivity index (χ2n) is 9.97. The molecule has 0 saturated carbocycles. The molecule has 38 heavy (non-hydrogen) atoms. The molecule has 0 saturated heterocycles. The molecule has 0 radical (unpaired) electrons. The molecule has 0 spiro atoms. The smallest absolute Gasteiger partial charge is 0.345 e. The van der Waals surface area contributed by atoms with Crippen LogP contribution in [-0.4, -0.2) is 86.6 Å². The number of hydrogen-bond acceptors (Lipinski definition) is 10. The number of carboxylic acids is 2. The number of aliphatic carboxylic acids is 2. The lowest BCUT2D eigenvalue weighted by molar-refractivity contribution is -0.168. The Kier molecular flexibility index (Phi) is 7.93. The van der Waals surface area contributed by atoms with Gasteiger partial charge in [0, 0.05) is 18.0 Å². The van der Waals surface area contributed by atoms with E-state index in [9.17, 15) is 29.4 Å². The Bertz CT molecular complexity index is 1160. The molecule has 0 fully saturated rings. The lowest BCUT2D eigenvalue weighted by Gasteiger charge is -2.44. The van der Waals surface area contributed by atoms with Crippen molar-refractivity contribution in [3.63, 3.8) is 0 Å². The van der Waals surface area contributed by atoms with Crippen LogP contribution in [0.4, 0.5) is 0 Å². The van der Waals surface area contributed by atoms with Gasteiger partial charge < -0.3 is 39.5 Å². The van der Waals surface area contributed by atoms with Crippen molar-refractivity contribution < 1.29 is 53.8 Å². The Balaban J connectivity index is 1.49. The standard InChI is InChI=1S/C26H31NO11/c1-27-10-2-3-15-14-4-5-16(28)24(15)38-19-13-26(35,20(27)11-14)9-8-17(19)36-22(31)6-7-23(32)37-18(25(33)34)12-21(29)30/h4-5,8,18-20,28,35H,2-3,6-7,9-13H2,1H3,(H,29,30)(H,33,34)/t18-,19-,20-,26+/m1/s1. The predicted molar refractivity (Wildman–Crippen MR) is 128 cm³/mol. The third kappa shape index (κ3) is 5.91. The summed E-state index contributed by atoms with van der Waals surface area (Å²) in [5.41, 5.74) is 0.656. The molecule has 0 unspecified atom stereocenters. The summed E-state index contributed by atoms with van der Waals surface area (Å²) in [5.74, 6) is -4.55. The van der Waals surface area contributed by atoms with Crippen molar-refractivity contribution in [2.45, 2.75) is 75.2 Å². The second kappa shape index (κ2) is 11.0. The van der Waals surface area contributed by atoms with E-state index in [1.807, 2.05) is 13.1 Å². The summed E-state index contributed by atoms with van der Waals surface area (Å²) >= 11 is 0. The largest absolute Gasteiger partial charge is 0.504 e. The van der Waals surface area contributed by atoms with Gasteiger partial charge >= 0.3 is 23.9 Å². The Morgan fingerprint density at radius 2 is 1.92 bits per heavy atom. The Morgan fingerprint density at radius 1 is 1.18 bits per heavy atom. The van der Waals surface area contributed by atoms with Crippen LogP contribution in [0.3, 0.4) is 0 Å². The summed E-state index contributed by atoms with van der Waals surface area (Å²) in [4.78, 5) is 48.5. The molecule has 4 atom stereocenters. The molecule has 0 aromatic heterocycles. The van der Waals surface area contributed by atoms with Crippen LogP contribution >= 0.6 is 0 Å². The maximum atomic E-state index is 12.6. The fraction of sp³-hybridized carbons (Fsp3) is 0.538. The average molecular weight is 534 g/mol. The molecular weight excluding hydrogens is 502 g/mol. The summed E-state index contributed by atoms with van der Waals surface area (Å²) in [5, 5.41) is 40.1. The monoisotopic (exact) mass is 533 g/mol. The van der Waals surface area contributed by atoms with E-state index in [0.717, 1.165) is 24.1 Å². The zero-order valence-corrected chi connectivity index (χ0v) is 20.9. The molecule has 206 valence electrons. The Morgan fingerprint density at radius 3 is 2.63 bits per heavy atom. The van der Waals surface area contributed by atoms with Gasteiger partial charge in [-0.3, -0.25) is 14.4 Å². The fourth-order valence-corrected chi connectivity index (χ4v) is 5.36. The molecular formula is C26H31NO11. The summed E-state index contributed by atoms with van der Waals surface area (Å²) in [6.07, 6.45) is -0.715. The number of carbonyl (C=O) groups excluding carboxylic acids is 2.